The van der Waals surface area contributed by atoms with Crippen LogP contribution in [0.5, 0.6) is 0 Å². The number of rotatable bonds is 1. The van der Waals surface area contributed by atoms with E-state index in [9.17, 15) is 0 Å². The molecule has 0 aliphatic rings. The van der Waals surface area contributed by atoms with E-state index in [2.05, 4.69) is 10.1 Å². The molecule has 0 fully saturated rings. The highest BCUT2D eigenvalue weighted by Crippen LogP contribution is 2.25. The number of aryl methyl sites for hydroxylation is 2. The SMILES string of the molecule is Cc1cccc(C)c1-c1nc(N)no1. The number of nitrogens with two attached hydrogens (primary N) is 1. The van der Waals surface area contributed by atoms with Crippen molar-refractivity contribution in [3.8, 4) is 11.5 Å². The first kappa shape index (κ1) is 8.74. The second-order valence-electron chi connectivity index (χ2n) is 3.22. The number of benzene rings is 1. The van der Waals surface area contributed by atoms with Gasteiger partial charge in [-0.1, -0.05) is 18.2 Å². The number of hydrogen-bond acceptors (Lipinski definition) is 4. The van der Waals surface area contributed by atoms with Gasteiger partial charge in [-0.25, -0.2) is 0 Å². The lowest BCUT2D eigenvalue weighted by Crippen LogP contribution is -1.89. The highest BCUT2D eigenvalue weighted by atomic mass is 16.5. The van der Waals surface area contributed by atoms with E-state index in [1.807, 2.05) is 32.0 Å². The largest absolute Gasteiger partial charge is 0.365 e. The molecule has 1 heterocycles. The van der Waals surface area contributed by atoms with E-state index < -0.39 is 0 Å². The van der Waals surface area contributed by atoms with Gasteiger partial charge in [-0.15, -0.1) is 0 Å². The summed E-state index contributed by atoms with van der Waals surface area (Å²) >= 11 is 0. The summed E-state index contributed by atoms with van der Waals surface area (Å²) in [5, 5.41) is 3.57. The summed E-state index contributed by atoms with van der Waals surface area (Å²) in [6.45, 7) is 4.01. The number of nitrogen functional groups attached to an aromatic ring is 1. The van der Waals surface area contributed by atoms with E-state index in [-0.39, 0.29) is 5.95 Å². The van der Waals surface area contributed by atoms with Gasteiger partial charge in [-0.2, -0.15) is 4.98 Å². The topological polar surface area (TPSA) is 64.9 Å². The van der Waals surface area contributed by atoms with Crippen molar-refractivity contribution in [3.05, 3.63) is 29.3 Å². The van der Waals surface area contributed by atoms with Crippen molar-refractivity contribution in [1.82, 2.24) is 10.1 Å². The zero-order valence-corrected chi connectivity index (χ0v) is 8.11. The van der Waals surface area contributed by atoms with Gasteiger partial charge < -0.3 is 10.3 Å². The molecule has 0 aliphatic carbocycles. The number of nitrogens with zero attached hydrogens (tertiary/aromatic N) is 2. The maximum Gasteiger partial charge on any atom is 0.261 e. The van der Waals surface area contributed by atoms with Gasteiger partial charge in [0.05, 0.1) is 0 Å². The molecule has 72 valence electrons. The normalized spacial score (nSPS) is 10.4. The smallest absolute Gasteiger partial charge is 0.261 e. The summed E-state index contributed by atoms with van der Waals surface area (Å²) in [7, 11) is 0. The van der Waals surface area contributed by atoms with Crippen molar-refractivity contribution < 1.29 is 4.52 Å². The van der Waals surface area contributed by atoms with Crippen molar-refractivity contribution in [1.29, 1.82) is 0 Å². The highest BCUT2D eigenvalue weighted by Gasteiger charge is 2.11. The molecule has 4 nitrogen and oxygen atoms in total. The van der Waals surface area contributed by atoms with Crippen molar-refractivity contribution >= 4 is 5.95 Å². The fourth-order valence-corrected chi connectivity index (χ4v) is 1.49. The van der Waals surface area contributed by atoms with Crippen LogP contribution in [0.4, 0.5) is 5.95 Å². The van der Waals surface area contributed by atoms with Crippen LogP contribution in [0.25, 0.3) is 11.5 Å². The summed E-state index contributed by atoms with van der Waals surface area (Å²) < 4.78 is 5.03. The molecule has 2 N–H and O–H groups in total. The first-order valence-electron chi connectivity index (χ1n) is 4.34. The lowest BCUT2D eigenvalue weighted by Gasteiger charge is -2.03. The van der Waals surface area contributed by atoms with E-state index in [1.54, 1.807) is 0 Å². The van der Waals surface area contributed by atoms with Crippen LogP contribution in [-0.4, -0.2) is 10.1 Å². The molecule has 1 aromatic heterocycles. The fraction of sp³-hybridized carbons (Fsp3) is 0.200. The molecule has 0 spiro atoms. The van der Waals surface area contributed by atoms with E-state index in [4.69, 9.17) is 10.3 Å². The van der Waals surface area contributed by atoms with Gasteiger partial charge in [-0.05, 0) is 30.1 Å². The Bertz CT molecular complexity index is 442. The Morgan fingerprint density at radius 2 is 1.86 bits per heavy atom. The minimum atomic E-state index is 0.169. The number of aromatic nitrogens is 2. The van der Waals surface area contributed by atoms with Crippen LogP contribution in [0, 0.1) is 13.8 Å². The summed E-state index contributed by atoms with van der Waals surface area (Å²) in [4.78, 5) is 4.00. The first-order chi connectivity index (χ1) is 6.68. The minimum Gasteiger partial charge on any atom is -0.365 e. The quantitative estimate of drug-likeness (QED) is 0.744. The maximum absolute atomic E-state index is 5.40. The standard InChI is InChI=1S/C10H11N3O/c1-6-4-3-5-7(2)8(6)9-12-10(11)13-14-9/h3-5H,1-2H3,(H2,11,13). The van der Waals surface area contributed by atoms with Gasteiger partial charge in [-0.3, -0.25) is 0 Å². The third-order valence-electron chi connectivity index (χ3n) is 2.14. The van der Waals surface area contributed by atoms with Crippen molar-refractivity contribution in [3.63, 3.8) is 0 Å². The van der Waals surface area contributed by atoms with Crippen LogP contribution in [0.2, 0.25) is 0 Å². The Hall–Kier alpha value is -1.84. The van der Waals surface area contributed by atoms with E-state index in [1.165, 1.54) is 0 Å². The Morgan fingerprint density at radius 1 is 1.21 bits per heavy atom. The molecular weight excluding hydrogens is 178 g/mol. The maximum atomic E-state index is 5.40. The second kappa shape index (κ2) is 3.14. The van der Waals surface area contributed by atoms with Crippen LogP contribution in [-0.2, 0) is 0 Å². The molecule has 0 saturated carbocycles. The molecule has 0 amide bonds. The molecule has 4 heteroatoms. The van der Waals surface area contributed by atoms with Crippen LogP contribution in [0.1, 0.15) is 11.1 Å². The average Bonchev–Trinajstić information content (AvgIpc) is 2.51. The minimum absolute atomic E-state index is 0.169. The zero-order valence-electron chi connectivity index (χ0n) is 8.11. The molecule has 0 aliphatic heterocycles. The molecular formula is C10H11N3O. The van der Waals surface area contributed by atoms with Crippen molar-refractivity contribution in [2.45, 2.75) is 13.8 Å². The third-order valence-corrected chi connectivity index (χ3v) is 2.14. The second-order valence-corrected chi connectivity index (χ2v) is 3.22. The average molecular weight is 189 g/mol. The molecule has 0 radical (unpaired) electrons. The predicted molar refractivity (Wildman–Crippen MR) is 53.6 cm³/mol. The van der Waals surface area contributed by atoms with E-state index in [0.717, 1.165) is 16.7 Å². The fourth-order valence-electron chi connectivity index (χ4n) is 1.49. The Kier molecular flexibility index (Phi) is 1.96. The Morgan fingerprint density at radius 3 is 2.36 bits per heavy atom. The molecule has 0 unspecified atom stereocenters. The molecule has 0 atom stereocenters. The number of anilines is 1. The van der Waals surface area contributed by atoms with Crippen LogP contribution < -0.4 is 5.73 Å². The van der Waals surface area contributed by atoms with E-state index >= 15 is 0 Å². The summed E-state index contributed by atoms with van der Waals surface area (Å²) in [6, 6.07) is 6.00. The molecule has 0 saturated heterocycles. The van der Waals surface area contributed by atoms with Gasteiger partial charge >= 0.3 is 0 Å². The Balaban J connectivity index is 2.61. The highest BCUT2D eigenvalue weighted by molar-refractivity contribution is 5.63. The van der Waals surface area contributed by atoms with Crippen LogP contribution in [0.3, 0.4) is 0 Å². The molecule has 14 heavy (non-hydrogen) atoms. The predicted octanol–water partition coefficient (Wildman–Crippen LogP) is 1.94. The number of hydrogen-bond donors (Lipinski definition) is 1. The van der Waals surface area contributed by atoms with Gasteiger partial charge in [0, 0.05) is 5.56 Å². The van der Waals surface area contributed by atoms with Gasteiger partial charge in [0.2, 0.25) is 0 Å². The van der Waals surface area contributed by atoms with Crippen molar-refractivity contribution in [2.24, 2.45) is 0 Å². The van der Waals surface area contributed by atoms with Crippen LogP contribution >= 0.6 is 0 Å². The first-order valence-corrected chi connectivity index (χ1v) is 4.34. The summed E-state index contributed by atoms with van der Waals surface area (Å²) in [5.41, 5.74) is 8.58. The molecule has 1 aromatic carbocycles. The summed E-state index contributed by atoms with van der Waals surface area (Å²) in [5.74, 6) is 0.653. The Labute approximate surface area is 81.7 Å². The molecule has 2 rings (SSSR count). The molecule has 0 bridgehead atoms. The van der Waals surface area contributed by atoms with Gasteiger partial charge in [0.1, 0.15) is 0 Å². The lowest BCUT2D eigenvalue weighted by molar-refractivity contribution is 0.432. The van der Waals surface area contributed by atoms with E-state index in [0.29, 0.717) is 5.89 Å². The zero-order chi connectivity index (χ0) is 10.1. The third kappa shape index (κ3) is 1.35. The van der Waals surface area contributed by atoms with Crippen molar-refractivity contribution in [2.75, 3.05) is 5.73 Å². The summed E-state index contributed by atoms with van der Waals surface area (Å²) in [6.07, 6.45) is 0. The van der Waals surface area contributed by atoms with Crippen LogP contribution in [0.15, 0.2) is 22.7 Å². The van der Waals surface area contributed by atoms with Gasteiger partial charge in [0.15, 0.2) is 0 Å². The van der Waals surface area contributed by atoms with Gasteiger partial charge in [0.25, 0.3) is 11.8 Å². The molecule has 2 aromatic rings. The monoisotopic (exact) mass is 189 g/mol. The lowest BCUT2D eigenvalue weighted by atomic mass is 10.0.